The second kappa shape index (κ2) is 5.35. The Hall–Kier alpha value is -3.32. The summed E-state index contributed by atoms with van der Waals surface area (Å²) >= 11 is 0. The first-order valence-corrected chi connectivity index (χ1v) is 7.87. The van der Waals surface area contributed by atoms with Gasteiger partial charge in [0.1, 0.15) is 0 Å². The minimum absolute atomic E-state index is 0.363. The van der Waals surface area contributed by atoms with Crippen molar-refractivity contribution in [1.29, 1.82) is 0 Å². The Morgan fingerprint density at radius 2 is 1.96 bits per heavy atom. The fourth-order valence-electron chi connectivity index (χ4n) is 3.05. The fourth-order valence-corrected chi connectivity index (χ4v) is 3.05. The van der Waals surface area contributed by atoms with E-state index >= 15 is 0 Å². The van der Waals surface area contributed by atoms with E-state index in [0.29, 0.717) is 17.2 Å². The number of nitrogens with one attached hydrogen (secondary N) is 1. The van der Waals surface area contributed by atoms with Gasteiger partial charge in [0.15, 0.2) is 11.5 Å². The molecule has 0 saturated heterocycles. The number of aromatic nitrogens is 3. The van der Waals surface area contributed by atoms with Gasteiger partial charge in [-0.3, -0.25) is 5.73 Å². The molecule has 1 unspecified atom stereocenters. The maximum atomic E-state index is 6.42. The zero-order valence-corrected chi connectivity index (χ0v) is 13.8. The maximum absolute atomic E-state index is 6.42. The second-order valence-corrected chi connectivity index (χ2v) is 6.13. The van der Waals surface area contributed by atoms with E-state index in [-0.39, 0.29) is 0 Å². The average molecular weight is 333 g/mol. The van der Waals surface area contributed by atoms with E-state index in [4.69, 9.17) is 17.2 Å². The first-order valence-electron chi connectivity index (χ1n) is 7.87. The van der Waals surface area contributed by atoms with Crippen LogP contribution in [0.4, 0.5) is 0 Å². The van der Waals surface area contributed by atoms with Crippen LogP contribution in [0.15, 0.2) is 66.4 Å². The molecule has 126 valence electrons. The molecule has 3 aromatic rings. The zero-order chi connectivity index (χ0) is 17.6. The third-order valence-corrected chi connectivity index (χ3v) is 4.43. The molecular formula is C18H19N7. The molecule has 0 spiro atoms. The van der Waals surface area contributed by atoms with Crippen LogP contribution in [0.2, 0.25) is 0 Å². The van der Waals surface area contributed by atoms with Crippen molar-refractivity contribution in [2.45, 2.75) is 5.66 Å². The molecule has 1 atom stereocenters. The largest absolute Gasteiger partial charge is 0.399 e. The number of hydrogen-bond acceptors (Lipinski definition) is 6. The average Bonchev–Trinajstić information content (AvgIpc) is 2.96. The number of para-hydroxylation sites is 1. The van der Waals surface area contributed by atoms with Gasteiger partial charge in [0.2, 0.25) is 0 Å². The first kappa shape index (κ1) is 15.2. The normalized spacial score (nSPS) is 20.1. The van der Waals surface area contributed by atoms with Crippen molar-refractivity contribution in [1.82, 2.24) is 19.9 Å². The molecule has 0 aliphatic carbocycles. The van der Waals surface area contributed by atoms with Gasteiger partial charge in [-0.2, -0.15) is 0 Å². The van der Waals surface area contributed by atoms with Crippen LogP contribution in [0.1, 0.15) is 5.82 Å². The highest BCUT2D eigenvalue weighted by atomic mass is 15.2. The fraction of sp³-hybridized carbons (Fsp3) is 0.111. The Labute approximate surface area is 144 Å². The maximum Gasteiger partial charge on any atom is 0.188 e. The lowest BCUT2D eigenvalue weighted by Crippen LogP contribution is -2.55. The smallest absolute Gasteiger partial charge is 0.188 e. The molecule has 1 aromatic carbocycles. The van der Waals surface area contributed by atoms with Gasteiger partial charge >= 0.3 is 0 Å². The van der Waals surface area contributed by atoms with Crippen LogP contribution in [0.25, 0.3) is 22.2 Å². The summed E-state index contributed by atoms with van der Waals surface area (Å²) in [5, 5.41) is 4.12. The number of fused-ring (bicyclic) bond motifs is 1. The Kier molecular flexibility index (Phi) is 3.26. The van der Waals surface area contributed by atoms with E-state index in [1.54, 1.807) is 18.5 Å². The number of rotatable bonds is 2. The summed E-state index contributed by atoms with van der Waals surface area (Å²) in [6.07, 6.45) is 6.95. The van der Waals surface area contributed by atoms with Crippen molar-refractivity contribution in [3.8, 4) is 11.3 Å². The van der Waals surface area contributed by atoms with E-state index in [9.17, 15) is 0 Å². The van der Waals surface area contributed by atoms with Crippen LogP contribution in [0.5, 0.6) is 0 Å². The predicted octanol–water partition coefficient (Wildman–Crippen LogP) is 0.993. The van der Waals surface area contributed by atoms with Gasteiger partial charge in [0.05, 0.1) is 11.4 Å². The van der Waals surface area contributed by atoms with Gasteiger partial charge in [0, 0.05) is 47.8 Å². The van der Waals surface area contributed by atoms with Gasteiger partial charge in [-0.05, 0) is 18.2 Å². The predicted molar refractivity (Wildman–Crippen MR) is 97.5 cm³/mol. The van der Waals surface area contributed by atoms with Gasteiger partial charge in [-0.1, -0.05) is 18.2 Å². The molecule has 0 radical (unpaired) electrons. The van der Waals surface area contributed by atoms with E-state index in [1.807, 2.05) is 31.4 Å². The van der Waals surface area contributed by atoms with Gasteiger partial charge in [-0.15, -0.1) is 0 Å². The van der Waals surface area contributed by atoms with Gasteiger partial charge in [0.25, 0.3) is 0 Å². The molecule has 1 aliphatic rings. The highest BCUT2D eigenvalue weighted by Gasteiger charge is 2.35. The highest BCUT2D eigenvalue weighted by Crippen LogP contribution is 2.30. The minimum atomic E-state index is -1.19. The van der Waals surface area contributed by atoms with Gasteiger partial charge < -0.3 is 21.4 Å². The van der Waals surface area contributed by atoms with Crippen molar-refractivity contribution < 1.29 is 0 Å². The molecule has 1 aliphatic heterocycles. The van der Waals surface area contributed by atoms with Crippen LogP contribution in [0.3, 0.4) is 0 Å². The molecule has 25 heavy (non-hydrogen) atoms. The summed E-state index contributed by atoms with van der Waals surface area (Å²) < 4.78 is 2.07. The quantitative estimate of drug-likeness (QED) is 0.555. The molecular weight excluding hydrogens is 314 g/mol. The number of dihydropyridines is 1. The number of allylic oxidation sites excluding steroid dienone is 1. The van der Waals surface area contributed by atoms with Crippen molar-refractivity contribution in [2.24, 2.45) is 24.2 Å². The zero-order valence-electron chi connectivity index (χ0n) is 13.8. The van der Waals surface area contributed by atoms with Crippen LogP contribution in [-0.2, 0) is 12.7 Å². The van der Waals surface area contributed by atoms with E-state index < -0.39 is 5.66 Å². The molecule has 0 fully saturated rings. The molecule has 0 saturated carbocycles. The summed E-state index contributed by atoms with van der Waals surface area (Å²) in [7, 11) is 2.01. The van der Waals surface area contributed by atoms with E-state index in [2.05, 4.69) is 32.0 Å². The van der Waals surface area contributed by atoms with Crippen LogP contribution in [0, 0.1) is 0 Å². The summed E-state index contributed by atoms with van der Waals surface area (Å²) in [6, 6.07) is 10.0. The minimum Gasteiger partial charge on any atom is -0.399 e. The van der Waals surface area contributed by atoms with Crippen LogP contribution >= 0.6 is 0 Å². The molecule has 0 amide bonds. The molecule has 7 nitrogen and oxygen atoms in total. The lowest BCUT2D eigenvalue weighted by molar-refractivity contribution is 0.426. The number of nitrogens with zero attached hydrogens (tertiary/aromatic N) is 3. The Morgan fingerprint density at radius 1 is 1.16 bits per heavy atom. The van der Waals surface area contributed by atoms with Crippen molar-refractivity contribution in [3.63, 3.8) is 0 Å². The second-order valence-electron chi connectivity index (χ2n) is 6.13. The lowest BCUT2D eigenvalue weighted by atomic mass is 10.0. The number of benzene rings is 1. The number of hydrogen-bond donors (Lipinski definition) is 4. The topological polar surface area (TPSA) is 121 Å². The standard InChI is InChI=1S/C18H19N7/c1-25-10-13(12-4-2-3-5-15(12)25)14-6-7-22-17(24-14)18(21)16(20)8-11(19)9-23-18/h2-10,23H,19-21H2,1H3. The molecule has 2 aromatic heterocycles. The monoisotopic (exact) mass is 333 g/mol. The van der Waals surface area contributed by atoms with Crippen LogP contribution < -0.4 is 22.5 Å². The summed E-state index contributed by atoms with van der Waals surface area (Å²) in [4.78, 5) is 9.00. The number of nitrogens with two attached hydrogens (primary N) is 3. The summed E-state index contributed by atoms with van der Waals surface area (Å²) in [6.45, 7) is 0. The molecule has 3 heterocycles. The third kappa shape index (κ3) is 2.33. The Bertz CT molecular complexity index is 1030. The SMILES string of the molecule is Cn1cc(-c2ccnc(C3(N)NC=C(N)C=C3N)n2)c2ccccc21. The molecule has 0 bridgehead atoms. The van der Waals surface area contributed by atoms with Crippen molar-refractivity contribution in [3.05, 3.63) is 72.2 Å². The molecule has 7 N–H and O–H groups in total. The summed E-state index contributed by atoms with van der Waals surface area (Å²) in [5.41, 5.74) is 20.9. The van der Waals surface area contributed by atoms with Crippen molar-refractivity contribution in [2.75, 3.05) is 0 Å². The van der Waals surface area contributed by atoms with E-state index in [0.717, 1.165) is 22.2 Å². The number of aryl methyl sites for hydroxylation is 1. The third-order valence-electron chi connectivity index (χ3n) is 4.43. The van der Waals surface area contributed by atoms with Crippen LogP contribution in [-0.4, -0.2) is 14.5 Å². The first-order chi connectivity index (χ1) is 12.0. The van der Waals surface area contributed by atoms with Crippen molar-refractivity contribution >= 4 is 10.9 Å². The highest BCUT2D eigenvalue weighted by molar-refractivity contribution is 5.95. The Balaban J connectivity index is 1.84. The Morgan fingerprint density at radius 3 is 2.76 bits per heavy atom. The van der Waals surface area contributed by atoms with E-state index in [1.165, 1.54) is 0 Å². The summed E-state index contributed by atoms with van der Waals surface area (Å²) in [5.74, 6) is 0.385. The lowest BCUT2D eigenvalue weighted by Gasteiger charge is -2.31. The van der Waals surface area contributed by atoms with Gasteiger partial charge in [-0.25, -0.2) is 9.97 Å². The molecule has 7 heteroatoms. The molecule has 4 rings (SSSR count).